The summed E-state index contributed by atoms with van der Waals surface area (Å²) in [5, 5.41) is 4.87. The zero-order valence-electron chi connectivity index (χ0n) is 14.3. The molecule has 0 bridgehead atoms. The van der Waals surface area contributed by atoms with Gasteiger partial charge in [0.25, 0.3) is 0 Å². The number of nitrogens with zero attached hydrogens (tertiary/aromatic N) is 3. The van der Waals surface area contributed by atoms with E-state index in [0.717, 1.165) is 35.8 Å². The molecule has 0 fully saturated rings. The van der Waals surface area contributed by atoms with Gasteiger partial charge >= 0.3 is 0 Å². The van der Waals surface area contributed by atoms with Crippen molar-refractivity contribution in [2.24, 2.45) is 10.1 Å². The molecule has 130 valence electrons. The molecule has 0 amide bonds. The van der Waals surface area contributed by atoms with E-state index in [-0.39, 0.29) is 0 Å². The highest BCUT2D eigenvalue weighted by molar-refractivity contribution is 6.47. The Morgan fingerprint density at radius 3 is 2.80 bits per heavy atom. The van der Waals surface area contributed by atoms with Crippen LogP contribution in [0.5, 0.6) is 5.75 Å². The molecule has 0 unspecified atom stereocenters. The van der Waals surface area contributed by atoms with Gasteiger partial charge in [0.1, 0.15) is 19.5 Å². The summed E-state index contributed by atoms with van der Waals surface area (Å²) < 4.78 is 5.90. The Morgan fingerprint density at radius 1 is 1.24 bits per heavy atom. The Hall–Kier alpha value is -2.53. The highest BCUT2D eigenvalue weighted by Crippen LogP contribution is 2.20. The summed E-state index contributed by atoms with van der Waals surface area (Å²) in [5.41, 5.74) is 2.66. The number of benzene rings is 2. The van der Waals surface area contributed by atoms with Gasteiger partial charge in [0.2, 0.25) is 0 Å². The molecule has 0 radical (unpaired) electrons. The summed E-state index contributed by atoms with van der Waals surface area (Å²) in [6, 6.07) is 15.3. The van der Waals surface area contributed by atoms with Crippen LogP contribution < -0.4 is 4.74 Å². The second-order valence-electron chi connectivity index (χ2n) is 5.65. The van der Waals surface area contributed by atoms with Crippen molar-refractivity contribution < 1.29 is 9.57 Å². The number of rotatable bonds is 6. The molecule has 5 nitrogen and oxygen atoms in total. The molecule has 1 aliphatic heterocycles. The first-order valence-electron chi connectivity index (χ1n) is 8.03. The highest BCUT2D eigenvalue weighted by Gasteiger charge is 2.23. The Bertz CT molecular complexity index is 805. The lowest BCUT2D eigenvalue weighted by Crippen LogP contribution is -2.31. The molecule has 0 N–H and O–H groups in total. The molecular formula is C19H20ClN3O2. The molecule has 0 aliphatic carbocycles. The third-order valence-corrected chi connectivity index (χ3v) is 4.15. The molecule has 0 aromatic heterocycles. The van der Waals surface area contributed by atoms with Crippen molar-refractivity contribution in [3.63, 3.8) is 0 Å². The summed E-state index contributed by atoms with van der Waals surface area (Å²) >= 11 is 6.01. The minimum Gasteiger partial charge on any atom is -0.489 e. The maximum absolute atomic E-state index is 6.01. The van der Waals surface area contributed by atoms with Crippen LogP contribution in [0.1, 0.15) is 11.1 Å². The average Bonchev–Trinajstić information content (AvgIpc) is 3.04. The zero-order valence-corrected chi connectivity index (χ0v) is 15.0. The van der Waals surface area contributed by atoms with Crippen molar-refractivity contribution in [1.29, 1.82) is 0 Å². The fraction of sp³-hybridized carbons (Fsp3) is 0.263. The van der Waals surface area contributed by atoms with Crippen molar-refractivity contribution in [2.45, 2.75) is 6.61 Å². The van der Waals surface area contributed by atoms with E-state index in [2.05, 4.69) is 15.0 Å². The third kappa shape index (κ3) is 4.12. The maximum atomic E-state index is 6.01. The van der Waals surface area contributed by atoms with Crippen molar-refractivity contribution in [1.82, 2.24) is 4.90 Å². The molecule has 25 heavy (non-hydrogen) atoms. The van der Waals surface area contributed by atoms with Crippen molar-refractivity contribution in [2.75, 3.05) is 27.2 Å². The van der Waals surface area contributed by atoms with E-state index in [4.69, 9.17) is 21.2 Å². The van der Waals surface area contributed by atoms with Gasteiger partial charge in [0, 0.05) is 24.2 Å². The standard InChI is InChI=1S/C19H20ClN3O2/c1-23-11-10-21-19(23)18(22-24-2)17-9-4-3-6-14(17)13-25-16-8-5-7-15(20)12-16/h3-9,12H,10-11,13H2,1-2H3. The molecular weight excluding hydrogens is 338 g/mol. The Labute approximate surface area is 152 Å². The first-order chi connectivity index (χ1) is 12.2. The van der Waals surface area contributed by atoms with E-state index < -0.39 is 0 Å². The first kappa shape index (κ1) is 17.3. The number of oxime groups is 1. The molecule has 1 aliphatic rings. The summed E-state index contributed by atoms with van der Waals surface area (Å²) in [4.78, 5) is 11.7. The lowest BCUT2D eigenvalue weighted by atomic mass is 10.0. The van der Waals surface area contributed by atoms with E-state index in [1.807, 2.05) is 49.5 Å². The van der Waals surface area contributed by atoms with Gasteiger partial charge in [-0.05, 0) is 23.8 Å². The van der Waals surface area contributed by atoms with Gasteiger partial charge in [0.15, 0.2) is 11.5 Å². The molecule has 6 heteroatoms. The van der Waals surface area contributed by atoms with Gasteiger partial charge in [0.05, 0.1) is 6.54 Å². The third-order valence-electron chi connectivity index (χ3n) is 3.92. The Balaban J connectivity index is 1.88. The van der Waals surface area contributed by atoms with Crippen molar-refractivity contribution >= 4 is 23.1 Å². The second-order valence-corrected chi connectivity index (χ2v) is 6.09. The smallest absolute Gasteiger partial charge is 0.153 e. The molecule has 3 rings (SSSR count). The van der Waals surface area contributed by atoms with Crippen LogP contribution in [0.4, 0.5) is 0 Å². The maximum Gasteiger partial charge on any atom is 0.153 e. The van der Waals surface area contributed by atoms with Crippen LogP contribution in [0.25, 0.3) is 0 Å². The van der Waals surface area contributed by atoms with Crippen LogP contribution in [0.2, 0.25) is 5.02 Å². The first-order valence-corrected chi connectivity index (χ1v) is 8.40. The van der Waals surface area contributed by atoms with E-state index in [1.54, 1.807) is 13.2 Å². The van der Waals surface area contributed by atoms with Crippen LogP contribution in [-0.4, -0.2) is 43.7 Å². The molecule has 0 saturated carbocycles. The molecule has 0 spiro atoms. The summed E-state index contributed by atoms with van der Waals surface area (Å²) in [5.74, 6) is 1.56. The van der Waals surface area contributed by atoms with E-state index >= 15 is 0 Å². The molecule has 0 atom stereocenters. The van der Waals surface area contributed by atoms with E-state index in [9.17, 15) is 0 Å². The number of aliphatic imine (C=N–C) groups is 1. The van der Waals surface area contributed by atoms with Gasteiger partial charge in [-0.2, -0.15) is 0 Å². The SMILES string of the molecule is CON=C(C1=NCCN1C)c1ccccc1COc1cccc(Cl)c1. The number of likely N-dealkylation sites (N-methyl/N-ethyl adjacent to an activating group) is 1. The number of ether oxygens (including phenoxy) is 1. The van der Waals surface area contributed by atoms with Crippen molar-refractivity contribution in [3.05, 3.63) is 64.7 Å². The molecule has 0 saturated heterocycles. The number of amidine groups is 1. The van der Waals surface area contributed by atoms with Gasteiger partial charge in [-0.15, -0.1) is 0 Å². The van der Waals surface area contributed by atoms with Gasteiger partial charge in [-0.25, -0.2) is 0 Å². The minimum atomic E-state index is 0.399. The Morgan fingerprint density at radius 2 is 2.08 bits per heavy atom. The van der Waals surface area contributed by atoms with Crippen LogP contribution in [-0.2, 0) is 11.4 Å². The van der Waals surface area contributed by atoms with Crippen LogP contribution in [0.15, 0.2) is 58.7 Å². The number of hydrogen-bond donors (Lipinski definition) is 0. The van der Waals surface area contributed by atoms with Gasteiger partial charge < -0.3 is 14.5 Å². The summed E-state index contributed by atoms with van der Waals surface area (Å²) in [6.45, 7) is 2.03. The summed E-state index contributed by atoms with van der Waals surface area (Å²) in [7, 11) is 3.54. The monoisotopic (exact) mass is 357 g/mol. The minimum absolute atomic E-state index is 0.399. The molecule has 2 aromatic carbocycles. The van der Waals surface area contributed by atoms with Crippen molar-refractivity contribution in [3.8, 4) is 5.75 Å². The fourth-order valence-corrected chi connectivity index (χ4v) is 2.87. The zero-order chi connectivity index (χ0) is 17.6. The average molecular weight is 358 g/mol. The van der Waals surface area contributed by atoms with E-state index in [0.29, 0.717) is 17.3 Å². The summed E-state index contributed by atoms with van der Waals surface area (Å²) in [6.07, 6.45) is 0. The predicted octanol–water partition coefficient (Wildman–Crippen LogP) is 3.61. The van der Waals surface area contributed by atoms with Gasteiger partial charge in [-0.3, -0.25) is 4.99 Å². The van der Waals surface area contributed by atoms with Crippen LogP contribution in [0.3, 0.4) is 0 Å². The lowest BCUT2D eigenvalue weighted by Gasteiger charge is -2.17. The molecule has 2 aromatic rings. The fourth-order valence-electron chi connectivity index (χ4n) is 2.68. The van der Waals surface area contributed by atoms with E-state index in [1.165, 1.54) is 0 Å². The normalized spacial score (nSPS) is 14.4. The van der Waals surface area contributed by atoms with Crippen LogP contribution in [0, 0.1) is 0 Å². The lowest BCUT2D eigenvalue weighted by molar-refractivity contribution is 0.214. The number of halogens is 1. The number of hydrogen-bond acceptors (Lipinski definition) is 5. The highest BCUT2D eigenvalue weighted by atomic mass is 35.5. The molecule has 1 heterocycles. The van der Waals surface area contributed by atoms with Crippen LogP contribution >= 0.6 is 11.6 Å². The van der Waals surface area contributed by atoms with Gasteiger partial charge in [-0.1, -0.05) is 47.1 Å². The largest absolute Gasteiger partial charge is 0.489 e. The quantitative estimate of drug-likeness (QED) is 0.586. The predicted molar refractivity (Wildman–Crippen MR) is 101 cm³/mol. The topological polar surface area (TPSA) is 46.4 Å². The second kappa shape index (κ2) is 8.03. The Kier molecular flexibility index (Phi) is 5.56.